The fourth-order valence-corrected chi connectivity index (χ4v) is 2.82. The normalized spacial score (nSPS) is 10.7. The second-order valence-electron chi connectivity index (χ2n) is 6.25. The summed E-state index contributed by atoms with van der Waals surface area (Å²) < 4.78 is 16.0. The molecule has 0 heterocycles. The third-order valence-electron chi connectivity index (χ3n) is 4.31. The van der Waals surface area contributed by atoms with Crippen molar-refractivity contribution in [3.63, 3.8) is 0 Å². The van der Waals surface area contributed by atoms with Gasteiger partial charge in [0.15, 0.2) is 5.96 Å². The van der Waals surface area contributed by atoms with Gasteiger partial charge in [0.2, 0.25) is 0 Å². The Hall–Kier alpha value is -2.16. The van der Waals surface area contributed by atoms with Crippen LogP contribution in [0.15, 0.2) is 47.5 Å². The van der Waals surface area contributed by atoms with Crippen LogP contribution in [0.3, 0.4) is 0 Å². The maximum Gasteiger partial charge on any atom is 0.191 e. The smallest absolute Gasteiger partial charge is 0.191 e. The Bertz CT molecular complexity index is 769. The Morgan fingerprint density at radius 3 is 2.38 bits per heavy atom. The van der Waals surface area contributed by atoms with E-state index in [1.54, 1.807) is 21.3 Å². The van der Waals surface area contributed by atoms with E-state index in [-0.39, 0.29) is 24.0 Å². The van der Waals surface area contributed by atoms with E-state index in [9.17, 15) is 0 Å². The van der Waals surface area contributed by atoms with Crippen LogP contribution in [0, 0.1) is 0 Å². The van der Waals surface area contributed by atoms with Crippen molar-refractivity contribution < 1.29 is 14.2 Å². The van der Waals surface area contributed by atoms with E-state index in [2.05, 4.69) is 34.7 Å². The number of rotatable bonds is 10. The van der Waals surface area contributed by atoms with Gasteiger partial charge < -0.3 is 24.8 Å². The minimum Gasteiger partial charge on any atom is -0.497 e. The monoisotopic (exact) mass is 513 g/mol. The number of ether oxygens (including phenoxy) is 3. The van der Waals surface area contributed by atoms with Gasteiger partial charge in [-0.2, -0.15) is 0 Å². The number of guanidine groups is 1. The number of benzene rings is 2. The molecule has 0 amide bonds. The van der Waals surface area contributed by atoms with Crippen LogP contribution in [0.5, 0.6) is 17.2 Å². The number of aliphatic imine (C=N–C) groups is 1. The SMILES string of the molecule is CCNC(=NCc1ccc(OC)cc1OC)NCCCc1cccc(OC)c1.I. The summed E-state index contributed by atoms with van der Waals surface area (Å²) in [5.41, 5.74) is 2.28. The van der Waals surface area contributed by atoms with Crippen molar-refractivity contribution in [2.75, 3.05) is 34.4 Å². The van der Waals surface area contributed by atoms with E-state index in [4.69, 9.17) is 14.2 Å². The molecule has 160 valence electrons. The highest BCUT2D eigenvalue weighted by Crippen LogP contribution is 2.25. The van der Waals surface area contributed by atoms with E-state index in [0.29, 0.717) is 6.54 Å². The van der Waals surface area contributed by atoms with Crippen molar-refractivity contribution >= 4 is 29.9 Å². The van der Waals surface area contributed by atoms with E-state index in [1.807, 2.05) is 30.3 Å². The summed E-state index contributed by atoms with van der Waals surface area (Å²) in [6.07, 6.45) is 1.99. The van der Waals surface area contributed by atoms with Crippen LogP contribution in [0.2, 0.25) is 0 Å². The van der Waals surface area contributed by atoms with Gasteiger partial charge in [0.25, 0.3) is 0 Å². The number of methoxy groups -OCH3 is 3. The van der Waals surface area contributed by atoms with Crippen LogP contribution < -0.4 is 24.8 Å². The van der Waals surface area contributed by atoms with Gasteiger partial charge in [-0.1, -0.05) is 12.1 Å². The Balaban J connectivity index is 0.00000420. The topological polar surface area (TPSA) is 64.1 Å². The summed E-state index contributed by atoms with van der Waals surface area (Å²) in [6, 6.07) is 14.0. The summed E-state index contributed by atoms with van der Waals surface area (Å²) in [5, 5.41) is 6.68. The molecule has 0 saturated carbocycles. The lowest BCUT2D eigenvalue weighted by molar-refractivity contribution is 0.391. The standard InChI is InChI=1S/C22H31N3O3.HI/c1-5-23-22(24-13-7-9-17-8-6-10-19(14-17)26-2)25-16-18-11-12-20(27-3)15-21(18)28-4;/h6,8,10-12,14-15H,5,7,9,13,16H2,1-4H3,(H2,23,24,25);1H. The minimum atomic E-state index is 0. The molecular weight excluding hydrogens is 481 g/mol. The number of hydrogen-bond donors (Lipinski definition) is 2. The zero-order valence-corrected chi connectivity index (χ0v) is 20.0. The van der Waals surface area contributed by atoms with Gasteiger partial charge in [-0.25, -0.2) is 4.99 Å². The molecule has 2 aromatic carbocycles. The molecule has 0 atom stereocenters. The summed E-state index contributed by atoms with van der Waals surface area (Å²) in [4.78, 5) is 4.67. The second kappa shape index (κ2) is 13.9. The van der Waals surface area contributed by atoms with E-state index < -0.39 is 0 Å². The van der Waals surface area contributed by atoms with Gasteiger partial charge in [-0.3, -0.25) is 0 Å². The van der Waals surface area contributed by atoms with E-state index >= 15 is 0 Å². The van der Waals surface area contributed by atoms with Gasteiger partial charge >= 0.3 is 0 Å². The Kier molecular flexibility index (Phi) is 11.9. The second-order valence-corrected chi connectivity index (χ2v) is 6.25. The average Bonchev–Trinajstić information content (AvgIpc) is 2.74. The zero-order chi connectivity index (χ0) is 20.2. The predicted octanol–water partition coefficient (Wildman–Crippen LogP) is 4.02. The highest BCUT2D eigenvalue weighted by Gasteiger charge is 2.05. The molecule has 0 unspecified atom stereocenters. The molecule has 6 nitrogen and oxygen atoms in total. The predicted molar refractivity (Wildman–Crippen MR) is 129 cm³/mol. The number of halogens is 1. The Morgan fingerprint density at radius 2 is 1.69 bits per heavy atom. The highest BCUT2D eigenvalue weighted by atomic mass is 127. The van der Waals surface area contributed by atoms with Gasteiger partial charge in [0, 0.05) is 24.7 Å². The first kappa shape index (κ1) is 24.9. The molecule has 2 rings (SSSR count). The molecule has 0 aliphatic heterocycles. The first-order valence-electron chi connectivity index (χ1n) is 9.56. The average molecular weight is 513 g/mol. The number of hydrogen-bond acceptors (Lipinski definition) is 4. The quantitative estimate of drug-likeness (QED) is 0.218. The molecule has 0 bridgehead atoms. The van der Waals surface area contributed by atoms with Crippen LogP contribution in [0.1, 0.15) is 24.5 Å². The van der Waals surface area contributed by atoms with Crippen molar-refractivity contribution in [1.29, 1.82) is 0 Å². The van der Waals surface area contributed by atoms with Crippen LogP contribution in [0.25, 0.3) is 0 Å². The van der Waals surface area contributed by atoms with Crippen LogP contribution >= 0.6 is 24.0 Å². The van der Waals surface area contributed by atoms with Crippen molar-refractivity contribution in [2.45, 2.75) is 26.3 Å². The molecule has 0 aliphatic rings. The van der Waals surface area contributed by atoms with Crippen molar-refractivity contribution in [2.24, 2.45) is 4.99 Å². The summed E-state index contributed by atoms with van der Waals surface area (Å²) >= 11 is 0. The van der Waals surface area contributed by atoms with Crippen LogP contribution in [-0.4, -0.2) is 40.4 Å². The molecule has 7 heteroatoms. The van der Waals surface area contributed by atoms with Crippen molar-refractivity contribution in [3.8, 4) is 17.2 Å². The van der Waals surface area contributed by atoms with E-state index in [1.165, 1.54) is 5.56 Å². The van der Waals surface area contributed by atoms with Crippen molar-refractivity contribution in [3.05, 3.63) is 53.6 Å². The summed E-state index contributed by atoms with van der Waals surface area (Å²) in [6.45, 7) is 4.23. The number of nitrogens with zero attached hydrogens (tertiary/aromatic N) is 1. The summed E-state index contributed by atoms with van der Waals surface area (Å²) in [7, 11) is 4.99. The Morgan fingerprint density at radius 1 is 0.931 bits per heavy atom. The molecule has 0 spiro atoms. The van der Waals surface area contributed by atoms with Gasteiger partial charge in [0.05, 0.1) is 27.9 Å². The van der Waals surface area contributed by atoms with Crippen LogP contribution in [-0.2, 0) is 13.0 Å². The first-order valence-corrected chi connectivity index (χ1v) is 9.56. The van der Waals surface area contributed by atoms with Crippen LogP contribution in [0.4, 0.5) is 0 Å². The van der Waals surface area contributed by atoms with Gasteiger partial charge in [-0.05, 0) is 49.6 Å². The number of nitrogens with one attached hydrogen (secondary N) is 2. The Labute approximate surface area is 191 Å². The lowest BCUT2D eigenvalue weighted by Crippen LogP contribution is -2.37. The molecule has 0 aromatic heterocycles. The summed E-state index contributed by atoms with van der Waals surface area (Å²) in [5.74, 6) is 3.24. The maximum absolute atomic E-state index is 5.45. The fraction of sp³-hybridized carbons (Fsp3) is 0.409. The molecule has 0 radical (unpaired) electrons. The molecule has 2 aromatic rings. The molecule has 0 saturated heterocycles. The first-order chi connectivity index (χ1) is 13.7. The zero-order valence-electron chi connectivity index (χ0n) is 17.7. The molecule has 0 fully saturated rings. The number of aryl methyl sites for hydroxylation is 1. The molecule has 2 N–H and O–H groups in total. The molecule has 29 heavy (non-hydrogen) atoms. The van der Waals surface area contributed by atoms with Crippen molar-refractivity contribution in [1.82, 2.24) is 10.6 Å². The molecular formula is C22H32IN3O3. The lowest BCUT2D eigenvalue weighted by atomic mass is 10.1. The fourth-order valence-electron chi connectivity index (χ4n) is 2.82. The van der Waals surface area contributed by atoms with Gasteiger partial charge in [0.1, 0.15) is 17.2 Å². The van der Waals surface area contributed by atoms with Gasteiger partial charge in [-0.15, -0.1) is 24.0 Å². The third kappa shape index (κ3) is 8.39. The van der Waals surface area contributed by atoms with E-state index in [0.717, 1.165) is 54.7 Å². The lowest BCUT2D eigenvalue weighted by Gasteiger charge is -2.13. The largest absolute Gasteiger partial charge is 0.497 e. The molecule has 0 aliphatic carbocycles. The highest BCUT2D eigenvalue weighted by molar-refractivity contribution is 14.0. The third-order valence-corrected chi connectivity index (χ3v) is 4.31. The maximum atomic E-state index is 5.45. The minimum absolute atomic E-state index is 0.